The van der Waals surface area contributed by atoms with E-state index < -0.39 is 24.3 Å². The van der Waals surface area contributed by atoms with Gasteiger partial charge in [0.1, 0.15) is 0 Å². The minimum Gasteiger partial charge on any atom is -0.493 e. The van der Waals surface area contributed by atoms with Gasteiger partial charge >= 0.3 is 6.18 Å². The number of anilines is 1. The summed E-state index contributed by atoms with van der Waals surface area (Å²) in [7, 11) is 3.02. The molecule has 1 N–H and O–H groups in total. The molecule has 6 nitrogen and oxygen atoms in total. The van der Waals surface area contributed by atoms with Crippen molar-refractivity contribution in [3.8, 4) is 11.5 Å². The average molecular weight is 396 g/mol. The maximum Gasteiger partial charge on any atom is 0.416 e. The molecule has 0 saturated heterocycles. The van der Waals surface area contributed by atoms with Gasteiger partial charge < -0.3 is 19.6 Å². The number of halogens is 3. The maximum atomic E-state index is 12.7. The molecule has 2 aromatic carbocycles. The topological polar surface area (TPSA) is 69.2 Å². The minimum absolute atomic E-state index is 0.0176. The van der Waals surface area contributed by atoms with Crippen molar-refractivity contribution in [1.29, 1.82) is 0 Å². The molecular weight excluding hydrogens is 377 g/mol. The highest BCUT2D eigenvalue weighted by atomic mass is 19.4. The van der Waals surface area contributed by atoms with E-state index in [2.05, 4.69) is 10.5 Å². The number of carbonyl (C=O) groups excluding carboxylic acids is 1. The summed E-state index contributed by atoms with van der Waals surface area (Å²) in [5, 5.41) is 6.17. The summed E-state index contributed by atoms with van der Waals surface area (Å²) in [6, 6.07) is 9.46. The van der Waals surface area contributed by atoms with E-state index in [1.54, 1.807) is 25.1 Å². The molecule has 2 rings (SSSR count). The van der Waals surface area contributed by atoms with Crippen LogP contribution in [0.15, 0.2) is 47.6 Å². The molecule has 0 atom stereocenters. The van der Waals surface area contributed by atoms with Gasteiger partial charge in [0.15, 0.2) is 18.1 Å². The van der Waals surface area contributed by atoms with Gasteiger partial charge in [0.25, 0.3) is 5.91 Å². The molecule has 0 aromatic heterocycles. The van der Waals surface area contributed by atoms with Crippen LogP contribution in [0.4, 0.5) is 18.9 Å². The Morgan fingerprint density at radius 1 is 1.07 bits per heavy atom. The van der Waals surface area contributed by atoms with Gasteiger partial charge in [-0.1, -0.05) is 11.2 Å². The highest BCUT2D eigenvalue weighted by Crippen LogP contribution is 2.30. The number of hydrogen-bond acceptors (Lipinski definition) is 5. The molecular formula is C19H19F3N2O4. The number of benzene rings is 2. The van der Waals surface area contributed by atoms with Crippen LogP contribution in [0.1, 0.15) is 18.1 Å². The van der Waals surface area contributed by atoms with Crippen molar-refractivity contribution < 1.29 is 32.3 Å². The molecule has 0 bridgehead atoms. The Balaban J connectivity index is 1.96. The van der Waals surface area contributed by atoms with E-state index in [1.807, 2.05) is 0 Å². The van der Waals surface area contributed by atoms with Crippen LogP contribution in [0.3, 0.4) is 0 Å². The number of methoxy groups -OCH3 is 2. The first kappa shape index (κ1) is 21.1. The van der Waals surface area contributed by atoms with Crippen LogP contribution in [-0.4, -0.2) is 32.4 Å². The number of nitrogens with one attached hydrogen (secondary N) is 1. The molecule has 0 heterocycles. The fourth-order valence-corrected chi connectivity index (χ4v) is 2.27. The molecule has 0 aliphatic rings. The Morgan fingerprint density at radius 3 is 2.43 bits per heavy atom. The standard InChI is InChI=1S/C19H19F3N2O4/c1-12(13-7-8-16(26-2)17(9-13)27-3)24-28-11-18(25)23-15-6-4-5-14(10-15)19(20,21)22/h4-10H,11H2,1-3H3,(H,23,25)/b24-12+. The van der Waals surface area contributed by atoms with Gasteiger partial charge in [-0.2, -0.15) is 13.2 Å². The van der Waals surface area contributed by atoms with E-state index in [0.29, 0.717) is 22.8 Å². The van der Waals surface area contributed by atoms with E-state index in [0.717, 1.165) is 12.1 Å². The van der Waals surface area contributed by atoms with Gasteiger partial charge in [-0.15, -0.1) is 0 Å². The normalized spacial score (nSPS) is 11.7. The van der Waals surface area contributed by atoms with Gasteiger partial charge in [-0.25, -0.2) is 0 Å². The van der Waals surface area contributed by atoms with Crippen LogP contribution in [-0.2, 0) is 15.8 Å². The largest absolute Gasteiger partial charge is 0.493 e. The molecule has 9 heteroatoms. The Hall–Kier alpha value is -3.23. The summed E-state index contributed by atoms with van der Waals surface area (Å²) in [6.07, 6.45) is -4.49. The molecule has 1 amide bonds. The zero-order chi connectivity index (χ0) is 20.7. The summed E-state index contributed by atoms with van der Waals surface area (Å²) in [6.45, 7) is 1.22. The summed E-state index contributed by atoms with van der Waals surface area (Å²) >= 11 is 0. The first-order chi connectivity index (χ1) is 13.2. The van der Waals surface area contributed by atoms with Crippen LogP contribution in [0.5, 0.6) is 11.5 Å². The van der Waals surface area contributed by atoms with Gasteiger partial charge in [0.05, 0.1) is 25.5 Å². The lowest BCUT2D eigenvalue weighted by atomic mass is 10.1. The Labute approximate surface area is 159 Å². The number of carbonyl (C=O) groups is 1. The molecule has 150 valence electrons. The zero-order valence-electron chi connectivity index (χ0n) is 15.5. The zero-order valence-corrected chi connectivity index (χ0v) is 15.5. The highest BCUT2D eigenvalue weighted by Gasteiger charge is 2.30. The predicted octanol–water partition coefficient (Wildman–Crippen LogP) is 4.10. The lowest BCUT2D eigenvalue weighted by molar-refractivity contribution is -0.137. The molecule has 0 fully saturated rings. The third kappa shape index (κ3) is 5.63. The van der Waals surface area contributed by atoms with E-state index in [9.17, 15) is 18.0 Å². The van der Waals surface area contributed by atoms with E-state index in [4.69, 9.17) is 14.3 Å². The molecule has 0 aliphatic heterocycles. The molecule has 0 aliphatic carbocycles. The smallest absolute Gasteiger partial charge is 0.416 e. The van der Waals surface area contributed by atoms with Gasteiger partial charge in [-0.3, -0.25) is 4.79 Å². The van der Waals surface area contributed by atoms with Crippen molar-refractivity contribution >= 4 is 17.3 Å². The van der Waals surface area contributed by atoms with Crippen molar-refractivity contribution in [1.82, 2.24) is 0 Å². The minimum atomic E-state index is -4.49. The first-order valence-corrected chi connectivity index (χ1v) is 8.10. The van der Waals surface area contributed by atoms with E-state index in [1.165, 1.54) is 26.4 Å². The SMILES string of the molecule is COc1ccc(/C(C)=N/OCC(=O)Nc2cccc(C(F)(F)F)c2)cc1OC. The monoisotopic (exact) mass is 396 g/mol. The number of ether oxygens (including phenoxy) is 2. The summed E-state index contributed by atoms with van der Waals surface area (Å²) < 4.78 is 48.4. The number of hydrogen-bond donors (Lipinski definition) is 1. The third-order valence-electron chi connectivity index (χ3n) is 3.67. The van der Waals surface area contributed by atoms with Crippen LogP contribution in [0, 0.1) is 0 Å². The van der Waals surface area contributed by atoms with Crippen molar-refractivity contribution in [2.24, 2.45) is 5.16 Å². The van der Waals surface area contributed by atoms with Gasteiger partial charge in [-0.05, 0) is 43.3 Å². The van der Waals surface area contributed by atoms with Gasteiger partial charge in [0, 0.05) is 11.3 Å². The quantitative estimate of drug-likeness (QED) is 0.565. The summed E-state index contributed by atoms with van der Waals surface area (Å²) in [5.74, 6) is 0.431. The molecule has 2 aromatic rings. The number of nitrogens with zero attached hydrogens (tertiary/aromatic N) is 1. The summed E-state index contributed by atoms with van der Waals surface area (Å²) in [5.41, 5.74) is 0.335. The van der Waals surface area contributed by atoms with Crippen molar-refractivity contribution in [3.05, 3.63) is 53.6 Å². The lowest BCUT2D eigenvalue weighted by Crippen LogP contribution is -2.18. The van der Waals surface area contributed by atoms with Gasteiger partial charge in [0.2, 0.25) is 0 Å². The fraction of sp³-hybridized carbons (Fsp3) is 0.263. The van der Waals surface area contributed by atoms with Crippen LogP contribution < -0.4 is 14.8 Å². The van der Waals surface area contributed by atoms with Crippen LogP contribution >= 0.6 is 0 Å². The Kier molecular flexibility index (Phi) is 6.86. The fourth-order valence-electron chi connectivity index (χ4n) is 2.27. The first-order valence-electron chi connectivity index (χ1n) is 8.10. The van der Waals surface area contributed by atoms with Crippen molar-refractivity contribution in [3.63, 3.8) is 0 Å². The molecule has 28 heavy (non-hydrogen) atoms. The predicted molar refractivity (Wildman–Crippen MR) is 97.8 cm³/mol. The van der Waals surface area contributed by atoms with E-state index >= 15 is 0 Å². The Bertz CT molecular complexity index is 866. The summed E-state index contributed by atoms with van der Waals surface area (Å²) in [4.78, 5) is 16.8. The molecule has 0 radical (unpaired) electrons. The Morgan fingerprint density at radius 2 is 1.79 bits per heavy atom. The molecule has 0 spiro atoms. The van der Waals surface area contributed by atoms with Crippen LogP contribution in [0.25, 0.3) is 0 Å². The average Bonchev–Trinajstić information content (AvgIpc) is 2.66. The number of oxime groups is 1. The van der Waals surface area contributed by atoms with Crippen molar-refractivity contribution in [2.75, 3.05) is 26.1 Å². The van der Waals surface area contributed by atoms with E-state index in [-0.39, 0.29) is 5.69 Å². The second-order valence-corrected chi connectivity index (χ2v) is 5.65. The molecule has 0 saturated carbocycles. The second-order valence-electron chi connectivity index (χ2n) is 5.65. The number of amides is 1. The van der Waals surface area contributed by atoms with Crippen LogP contribution in [0.2, 0.25) is 0 Å². The third-order valence-corrected chi connectivity index (χ3v) is 3.67. The number of alkyl halides is 3. The lowest BCUT2D eigenvalue weighted by Gasteiger charge is -2.10. The maximum absolute atomic E-state index is 12.7. The molecule has 0 unspecified atom stereocenters. The van der Waals surface area contributed by atoms with Crippen molar-refractivity contribution in [2.45, 2.75) is 13.1 Å². The second kappa shape index (κ2) is 9.12. The highest BCUT2D eigenvalue weighted by molar-refractivity contribution is 5.99. The number of rotatable bonds is 7.